The fraction of sp³-hybridized carbons (Fsp3) is 0.625. The van der Waals surface area contributed by atoms with Crippen molar-refractivity contribution in [1.82, 2.24) is 19.8 Å². The number of morpholine rings is 1. The average molecular weight is 696 g/mol. The molecule has 3 fully saturated rings. The number of likely N-dealkylation sites (tertiary alicyclic amines) is 1. The van der Waals surface area contributed by atoms with Crippen LogP contribution in [0.15, 0.2) is 30.6 Å². The number of amides is 2. The first-order valence-electron chi connectivity index (χ1n) is 16.3. The number of aromatic nitrogens is 2. The predicted molar refractivity (Wildman–Crippen MR) is 174 cm³/mol. The second-order valence-corrected chi connectivity index (χ2v) is 14.7. The molecule has 4 heterocycles. The van der Waals surface area contributed by atoms with Crippen LogP contribution in [0, 0.1) is 11.7 Å². The Morgan fingerprint density at radius 3 is 2.47 bits per heavy atom. The number of nitrogens with zero attached hydrogens (tertiary/aromatic N) is 5. The molecule has 0 aliphatic carbocycles. The quantitative estimate of drug-likeness (QED) is 0.243. The van der Waals surface area contributed by atoms with Crippen molar-refractivity contribution in [2.45, 2.75) is 63.4 Å². The van der Waals surface area contributed by atoms with Gasteiger partial charge in [-0.05, 0) is 62.5 Å². The second kappa shape index (κ2) is 15.9. The van der Waals surface area contributed by atoms with Crippen LogP contribution < -0.4 is 9.64 Å². The van der Waals surface area contributed by atoms with E-state index in [2.05, 4.69) is 14.9 Å². The van der Waals surface area contributed by atoms with Gasteiger partial charge in [-0.3, -0.25) is 14.1 Å². The number of rotatable bonds is 13. The molecule has 1 N–H and O–H groups in total. The molecular weight excluding hydrogens is 653 g/mol. The van der Waals surface area contributed by atoms with Crippen LogP contribution in [0.5, 0.6) is 5.75 Å². The maximum atomic E-state index is 15.0. The van der Waals surface area contributed by atoms with E-state index in [4.69, 9.17) is 25.6 Å². The number of carbonyl (C=O) groups excluding carboxylic acids is 2. The molecule has 1 aromatic heterocycles. The van der Waals surface area contributed by atoms with Crippen molar-refractivity contribution in [3.05, 3.63) is 47.0 Å². The van der Waals surface area contributed by atoms with Crippen LogP contribution in [-0.4, -0.2) is 108 Å². The summed E-state index contributed by atoms with van der Waals surface area (Å²) in [7, 11) is -4.04. The normalized spacial score (nSPS) is 20.6. The Labute approximate surface area is 280 Å². The Hall–Kier alpha value is -3.07. The molecule has 1 spiro atoms. The molecule has 2 aromatic rings. The number of carbonyl (C=O) groups is 2. The van der Waals surface area contributed by atoms with Crippen molar-refractivity contribution in [1.29, 1.82) is 0 Å². The van der Waals surface area contributed by atoms with Gasteiger partial charge in [0.2, 0.25) is 17.8 Å². The molecular formula is C32H43ClFN5O7S. The number of halogens is 2. The fourth-order valence-electron chi connectivity index (χ4n) is 6.57. The van der Waals surface area contributed by atoms with Gasteiger partial charge in [0.1, 0.15) is 17.2 Å². The van der Waals surface area contributed by atoms with Gasteiger partial charge in [0.05, 0.1) is 55.9 Å². The van der Waals surface area contributed by atoms with E-state index in [1.807, 2.05) is 0 Å². The zero-order valence-corrected chi connectivity index (χ0v) is 28.1. The number of benzene rings is 1. The Bertz CT molecular complexity index is 1490. The SMILES string of the molecule is O=C(CCCCS(=O)(=O)O)N1CCO[C@]2(CCN(C(=O)Cc3ccc(OCCCC4CCN(c5ncc(Cl)cn5)CC4)cc3F)C2)C1. The lowest BCUT2D eigenvalue weighted by atomic mass is 9.92. The highest BCUT2D eigenvalue weighted by Gasteiger charge is 2.45. The predicted octanol–water partition coefficient (Wildman–Crippen LogP) is 3.78. The summed E-state index contributed by atoms with van der Waals surface area (Å²) in [5, 5.41) is 0.523. The summed E-state index contributed by atoms with van der Waals surface area (Å²) in [6, 6.07) is 4.64. The van der Waals surface area contributed by atoms with Crippen molar-refractivity contribution in [3.8, 4) is 5.75 Å². The number of unbranched alkanes of at least 4 members (excludes halogenated alkanes) is 1. The summed E-state index contributed by atoms with van der Waals surface area (Å²) in [6.07, 6.45) is 8.42. The molecule has 47 heavy (non-hydrogen) atoms. The van der Waals surface area contributed by atoms with E-state index in [1.165, 1.54) is 6.07 Å². The van der Waals surface area contributed by atoms with Crippen LogP contribution in [0.25, 0.3) is 0 Å². The third-order valence-electron chi connectivity index (χ3n) is 9.21. The largest absolute Gasteiger partial charge is 0.493 e. The molecule has 0 bridgehead atoms. The number of anilines is 1. The minimum atomic E-state index is -4.04. The smallest absolute Gasteiger partial charge is 0.264 e. The van der Waals surface area contributed by atoms with Gasteiger partial charge < -0.3 is 24.2 Å². The Morgan fingerprint density at radius 1 is 1.04 bits per heavy atom. The van der Waals surface area contributed by atoms with Crippen molar-refractivity contribution in [3.63, 3.8) is 0 Å². The van der Waals surface area contributed by atoms with Gasteiger partial charge >= 0.3 is 0 Å². The van der Waals surface area contributed by atoms with Gasteiger partial charge in [-0.25, -0.2) is 14.4 Å². The first kappa shape index (κ1) is 35.2. The van der Waals surface area contributed by atoms with E-state index in [0.29, 0.717) is 80.4 Å². The number of hydrogen-bond acceptors (Lipinski definition) is 9. The van der Waals surface area contributed by atoms with Gasteiger partial charge in [-0.2, -0.15) is 8.42 Å². The standard InChI is InChI=1S/C32H43ClFN5O7S/c33-26-20-35-31(36-21-26)37-11-8-24(9-12-37)4-3-15-45-27-7-6-25(28(34)19-27)18-30(41)38-13-10-32(22-38)23-39(14-16-46-32)29(40)5-1-2-17-47(42,43)44/h6-7,19-21,24H,1-5,8-18,22-23H2,(H,42,43,44)/t32-/m0/s1. The minimum Gasteiger partial charge on any atom is -0.493 e. The molecule has 3 aliphatic heterocycles. The molecule has 0 unspecified atom stereocenters. The maximum absolute atomic E-state index is 15.0. The summed E-state index contributed by atoms with van der Waals surface area (Å²) in [6.45, 7) is 4.14. The monoisotopic (exact) mass is 695 g/mol. The van der Waals surface area contributed by atoms with Gasteiger partial charge in [0.15, 0.2) is 0 Å². The van der Waals surface area contributed by atoms with Crippen molar-refractivity contribution in [2.24, 2.45) is 5.92 Å². The van der Waals surface area contributed by atoms with Gasteiger partial charge in [-0.1, -0.05) is 17.7 Å². The van der Waals surface area contributed by atoms with Crippen LogP contribution in [0.2, 0.25) is 5.02 Å². The highest BCUT2D eigenvalue weighted by atomic mass is 35.5. The van der Waals surface area contributed by atoms with E-state index in [-0.39, 0.29) is 36.8 Å². The highest BCUT2D eigenvalue weighted by molar-refractivity contribution is 7.85. The molecule has 258 valence electrons. The molecule has 3 saturated heterocycles. The topological polar surface area (TPSA) is 142 Å². The fourth-order valence-corrected chi connectivity index (χ4v) is 7.24. The Kier molecular flexibility index (Phi) is 11.9. The Morgan fingerprint density at radius 2 is 1.77 bits per heavy atom. The van der Waals surface area contributed by atoms with Crippen molar-refractivity contribution in [2.75, 3.05) is 63.1 Å². The molecule has 3 aliphatic rings. The average Bonchev–Trinajstić information content (AvgIpc) is 3.45. The van der Waals surface area contributed by atoms with Crippen LogP contribution >= 0.6 is 11.6 Å². The van der Waals surface area contributed by atoms with E-state index in [9.17, 15) is 22.4 Å². The maximum Gasteiger partial charge on any atom is 0.264 e. The van der Waals surface area contributed by atoms with Crippen molar-refractivity contribution < 1.29 is 36.4 Å². The highest BCUT2D eigenvalue weighted by Crippen LogP contribution is 2.31. The molecule has 15 heteroatoms. The minimum absolute atomic E-state index is 0.0850. The van der Waals surface area contributed by atoms with Crippen LogP contribution in [0.4, 0.5) is 10.3 Å². The lowest BCUT2D eigenvalue weighted by Crippen LogP contribution is -2.55. The van der Waals surface area contributed by atoms with Gasteiger partial charge in [0, 0.05) is 38.7 Å². The summed E-state index contributed by atoms with van der Waals surface area (Å²) in [5.41, 5.74) is -0.373. The first-order valence-corrected chi connectivity index (χ1v) is 18.3. The van der Waals surface area contributed by atoms with E-state index in [1.54, 1.807) is 34.3 Å². The van der Waals surface area contributed by atoms with E-state index in [0.717, 1.165) is 38.8 Å². The molecule has 5 rings (SSSR count). The van der Waals surface area contributed by atoms with Crippen LogP contribution in [0.1, 0.15) is 56.9 Å². The molecule has 12 nitrogen and oxygen atoms in total. The zero-order chi connectivity index (χ0) is 33.4. The second-order valence-electron chi connectivity index (χ2n) is 12.7. The van der Waals surface area contributed by atoms with Gasteiger partial charge in [0.25, 0.3) is 10.1 Å². The summed E-state index contributed by atoms with van der Waals surface area (Å²) in [4.78, 5) is 40.0. The number of hydrogen-bond donors (Lipinski definition) is 1. The molecule has 1 aromatic carbocycles. The van der Waals surface area contributed by atoms with Crippen LogP contribution in [-0.2, 0) is 30.9 Å². The lowest BCUT2D eigenvalue weighted by Gasteiger charge is -2.40. The molecule has 0 radical (unpaired) electrons. The lowest BCUT2D eigenvalue weighted by molar-refractivity contribution is -0.150. The summed E-state index contributed by atoms with van der Waals surface area (Å²) < 4.78 is 57.5. The van der Waals surface area contributed by atoms with Crippen molar-refractivity contribution >= 4 is 39.5 Å². The van der Waals surface area contributed by atoms with Crippen LogP contribution in [0.3, 0.4) is 0 Å². The summed E-state index contributed by atoms with van der Waals surface area (Å²) >= 11 is 5.89. The third kappa shape index (κ3) is 10.2. The van der Waals surface area contributed by atoms with E-state index >= 15 is 0 Å². The molecule has 0 saturated carbocycles. The first-order chi connectivity index (χ1) is 22.5. The third-order valence-corrected chi connectivity index (χ3v) is 10.2. The molecule has 1 atom stereocenters. The summed E-state index contributed by atoms with van der Waals surface area (Å²) in [5.74, 6) is 0.560. The Balaban J connectivity index is 1.01. The zero-order valence-electron chi connectivity index (χ0n) is 26.5. The van der Waals surface area contributed by atoms with E-state index < -0.39 is 21.5 Å². The van der Waals surface area contributed by atoms with Gasteiger partial charge in [-0.15, -0.1) is 0 Å². The molecule has 2 amide bonds. The number of ether oxygens (including phenoxy) is 2. The number of piperidine rings is 1.